The lowest BCUT2D eigenvalue weighted by Crippen LogP contribution is -2.27. The fourth-order valence-corrected chi connectivity index (χ4v) is 2.89. The number of benzene rings is 1. The Morgan fingerprint density at radius 2 is 1.95 bits per heavy atom. The van der Waals surface area contributed by atoms with E-state index in [2.05, 4.69) is 10.8 Å². The second-order valence-corrected chi connectivity index (χ2v) is 5.24. The molecule has 2 aromatic rings. The molecule has 106 valence electrons. The van der Waals surface area contributed by atoms with Crippen LogP contribution in [0.5, 0.6) is 0 Å². The molecule has 4 rings (SSSR count). The summed E-state index contributed by atoms with van der Waals surface area (Å²) in [4.78, 5) is 12.4. The van der Waals surface area contributed by atoms with Gasteiger partial charge in [-0.25, -0.2) is 13.6 Å². The first kappa shape index (κ1) is 12.3. The van der Waals surface area contributed by atoms with Crippen LogP contribution in [0.1, 0.15) is 30.3 Å². The first-order chi connectivity index (χ1) is 10.1. The Labute approximate surface area is 118 Å². The molecule has 0 amide bonds. The van der Waals surface area contributed by atoms with E-state index in [0.717, 1.165) is 12.0 Å². The molecule has 2 aliphatic rings. The maximum Gasteiger partial charge on any atom is 0.351 e. The smallest absolute Gasteiger partial charge is 0.271 e. The van der Waals surface area contributed by atoms with Crippen molar-refractivity contribution in [3.63, 3.8) is 0 Å². The van der Waals surface area contributed by atoms with Crippen molar-refractivity contribution in [3.05, 3.63) is 63.5 Å². The summed E-state index contributed by atoms with van der Waals surface area (Å²) in [5.41, 5.74) is 3.50. The van der Waals surface area contributed by atoms with Crippen LogP contribution in [-0.2, 0) is 6.42 Å². The Morgan fingerprint density at radius 3 is 2.62 bits per heavy atom. The van der Waals surface area contributed by atoms with Crippen LogP contribution in [0, 0.1) is 5.82 Å². The van der Waals surface area contributed by atoms with Crippen LogP contribution in [0.4, 0.5) is 8.78 Å². The molecule has 0 radical (unpaired) electrons. The molecule has 0 unspecified atom stereocenters. The lowest BCUT2D eigenvalue weighted by Gasteiger charge is -2.13. The van der Waals surface area contributed by atoms with Crippen molar-refractivity contribution in [2.24, 2.45) is 0 Å². The van der Waals surface area contributed by atoms with Gasteiger partial charge in [-0.2, -0.15) is 4.68 Å². The Balaban J connectivity index is 1.80. The lowest BCUT2D eigenvalue weighted by molar-refractivity contribution is 0.572. The summed E-state index contributed by atoms with van der Waals surface area (Å²) >= 11 is 0. The number of aromatic nitrogens is 3. The molecule has 0 fully saturated rings. The van der Waals surface area contributed by atoms with Crippen molar-refractivity contribution in [3.8, 4) is 0 Å². The molecule has 1 aromatic carbocycles. The van der Waals surface area contributed by atoms with Gasteiger partial charge in [-0.15, -0.1) is 5.10 Å². The van der Waals surface area contributed by atoms with Gasteiger partial charge in [-0.3, -0.25) is 4.57 Å². The Kier molecular flexibility index (Phi) is 2.50. The van der Waals surface area contributed by atoms with Gasteiger partial charge in [-0.05, 0) is 24.1 Å². The highest BCUT2D eigenvalue weighted by atomic mass is 19.1. The highest BCUT2D eigenvalue weighted by Crippen LogP contribution is 2.30. The van der Waals surface area contributed by atoms with Gasteiger partial charge >= 0.3 is 5.69 Å². The average Bonchev–Trinajstić information content (AvgIpc) is 2.98. The number of fused-ring (bicyclic) bond motifs is 1. The van der Waals surface area contributed by atoms with Crippen molar-refractivity contribution in [2.75, 3.05) is 0 Å². The van der Waals surface area contributed by atoms with Crippen LogP contribution < -0.4 is 5.69 Å². The van der Waals surface area contributed by atoms with Crippen LogP contribution >= 0.6 is 0 Å². The summed E-state index contributed by atoms with van der Waals surface area (Å²) in [5.74, 6) is 0.0105. The highest BCUT2D eigenvalue weighted by Gasteiger charge is 2.30. The second kappa shape index (κ2) is 4.27. The maximum atomic E-state index is 13.0. The monoisotopic (exact) mass is 287 g/mol. The predicted octanol–water partition coefficient (Wildman–Crippen LogP) is 2.42. The van der Waals surface area contributed by atoms with Gasteiger partial charge in [0.1, 0.15) is 11.6 Å². The van der Waals surface area contributed by atoms with Crippen LogP contribution in [0.2, 0.25) is 0 Å². The molecule has 0 spiro atoms. The zero-order chi connectivity index (χ0) is 14.6. The number of hydrogen-bond donors (Lipinski definition) is 0. The van der Waals surface area contributed by atoms with E-state index in [-0.39, 0.29) is 29.8 Å². The molecule has 0 bridgehead atoms. The van der Waals surface area contributed by atoms with Gasteiger partial charge in [0, 0.05) is 6.42 Å². The molecule has 1 atom stereocenters. The van der Waals surface area contributed by atoms with E-state index in [1.165, 1.54) is 16.8 Å². The van der Waals surface area contributed by atoms with E-state index in [0.29, 0.717) is 17.9 Å². The van der Waals surface area contributed by atoms with Crippen LogP contribution in [0.3, 0.4) is 0 Å². The zero-order valence-electron chi connectivity index (χ0n) is 11.0. The summed E-state index contributed by atoms with van der Waals surface area (Å²) in [6, 6.07) is 5.99. The predicted molar refractivity (Wildman–Crippen MR) is 71.8 cm³/mol. The SMILES string of the molecule is O=c1n(C2=C=C(F)C2)nc2n1[C@H](c1ccc(F)cc1)CC2. The second-order valence-electron chi connectivity index (χ2n) is 5.24. The van der Waals surface area contributed by atoms with Gasteiger partial charge in [0.2, 0.25) is 0 Å². The average molecular weight is 287 g/mol. The molecule has 0 saturated heterocycles. The van der Waals surface area contributed by atoms with Crippen molar-refractivity contribution >= 4 is 5.70 Å². The van der Waals surface area contributed by atoms with Crippen molar-refractivity contribution in [1.82, 2.24) is 14.3 Å². The Morgan fingerprint density at radius 1 is 1.24 bits per heavy atom. The summed E-state index contributed by atoms with van der Waals surface area (Å²) < 4.78 is 28.6. The van der Waals surface area contributed by atoms with Gasteiger partial charge in [0.05, 0.1) is 18.2 Å². The zero-order valence-corrected chi connectivity index (χ0v) is 11.0. The molecule has 0 N–H and O–H groups in total. The van der Waals surface area contributed by atoms with E-state index in [9.17, 15) is 13.6 Å². The number of hydrogen-bond acceptors (Lipinski definition) is 2. The Bertz CT molecular complexity index is 854. The number of aryl methyl sites for hydroxylation is 1. The van der Waals surface area contributed by atoms with Gasteiger partial charge in [-0.1, -0.05) is 17.9 Å². The quantitative estimate of drug-likeness (QED) is 0.796. The van der Waals surface area contributed by atoms with Crippen molar-refractivity contribution in [2.45, 2.75) is 25.3 Å². The van der Waals surface area contributed by atoms with Crippen LogP contribution in [0.25, 0.3) is 5.70 Å². The summed E-state index contributed by atoms with van der Waals surface area (Å²) in [6.07, 6.45) is 1.52. The van der Waals surface area contributed by atoms with E-state index in [4.69, 9.17) is 0 Å². The molecule has 1 aromatic heterocycles. The largest absolute Gasteiger partial charge is 0.351 e. The molecule has 0 saturated carbocycles. The third-order valence-electron chi connectivity index (χ3n) is 3.95. The molecular weight excluding hydrogens is 276 g/mol. The number of halogens is 2. The van der Waals surface area contributed by atoms with E-state index >= 15 is 0 Å². The van der Waals surface area contributed by atoms with Gasteiger partial charge < -0.3 is 0 Å². The fraction of sp³-hybridized carbons (Fsp3) is 0.267. The van der Waals surface area contributed by atoms with Gasteiger partial charge in [0.25, 0.3) is 0 Å². The van der Waals surface area contributed by atoms with E-state index in [1.54, 1.807) is 16.7 Å². The van der Waals surface area contributed by atoms with Crippen LogP contribution in [-0.4, -0.2) is 14.3 Å². The first-order valence-electron chi connectivity index (χ1n) is 6.74. The molecular formula is C15H11F2N3O. The molecule has 6 heteroatoms. The van der Waals surface area contributed by atoms with Gasteiger partial charge in [0.15, 0.2) is 5.83 Å². The van der Waals surface area contributed by atoms with E-state index < -0.39 is 0 Å². The topological polar surface area (TPSA) is 39.8 Å². The van der Waals surface area contributed by atoms with E-state index in [1.807, 2.05) is 0 Å². The van der Waals surface area contributed by atoms with Crippen LogP contribution in [0.15, 0.2) is 40.6 Å². The summed E-state index contributed by atoms with van der Waals surface area (Å²) in [6.45, 7) is 0. The maximum absolute atomic E-state index is 13.0. The third-order valence-corrected chi connectivity index (χ3v) is 3.95. The lowest BCUT2D eigenvalue weighted by atomic mass is 10.0. The number of nitrogens with zero attached hydrogens (tertiary/aromatic N) is 3. The molecule has 1 aliphatic heterocycles. The molecule has 1 aliphatic carbocycles. The Hall–Kier alpha value is -2.46. The molecule has 21 heavy (non-hydrogen) atoms. The standard InChI is InChI=1S/C15H11F2N3O/c16-10-3-1-9(2-4-10)13-5-6-14-18-20(15(21)19(13)14)12-7-11(17)8-12/h1-4,13H,5-7H2/t13-/m0/s1. The minimum Gasteiger partial charge on any atom is -0.271 e. The minimum absolute atomic E-state index is 0.0948. The molecule has 4 nitrogen and oxygen atoms in total. The molecule has 2 heterocycles. The fourth-order valence-electron chi connectivity index (χ4n) is 2.89. The third kappa shape index (κ3) is 1.80. The summed E-state index contributed by atoms with van der Waals surface area (Å²) in [7, 11) is 0. The highest BCUT2D eigenvalue weighted by molar-refractivity contribution is 5.53. The minimum atomic E-state index is -0.361. The normalized spacial score (nSPS) is 19.8. The number of rotatable bonds is 2. The first-order valence-corrected chi connectivity index (χ1v) is 6.74. The van der Waals surface area contributed by atoms with Crippen molar-refractivity contribution in [1.29, 1.82) is 0 Å². The number of allylic oxidation sites excluding steroid dienone is 1. The van der Waals surface area contributed by atoms with Crippen molar-refractivity contribution < 1.29 is 8.78 Å². The summed E-state index contributed by atoms with van der Waals surface area (Å²) in [5, 5.41) is 4.25.